The van der Waals surface area contributed by atoms with Gasteiger partial charge in [0.05, 0.1) is 28.6 Å². The first kappa shape index (κ1) is 27.9. The summed E-state index contributed by atoms with van der Waals surface area (Å²) in [6.45, 7) is 1.40. The van der Waals surface area contributed by atoms with Crippen LogP contribution in [0.4, 0.5) is 17.6 Å². The van der Waals surface area contributed by atoms with Crippen LogP contribution in [-0.2, 0) is 22.6 Å². The highest BCUT2D eigenvalue weighted by Gasteiger charge is 2.51. The summed E-state index contributed by atoms with van der Waals surface area (Å²) in [4.78, 5) is 22.3. The number of aromatic nitrogens is 4. The van der Waals surface area contributed by atoms with E-state index in [0.29, 0.717) is 34.7 Å². The Labute approximate surface area is 238 Å². The summed E-state index contributed by atoms with van der Waals surface area (Å²) >= 11 is 0. The average molecular weight is 598 g/mol. The second-order valence-electron chi connectivity index (χ2n) is 10.4. The molecule has 0 N–H and O–H groups in total. The van der Waals surface area contributed by atoms with Gasteiger partial charge >= 0.3 is 6.18 Å². The van der Waals surface area contributed by atoms with Crippen molar-refractivity contribution in [1.82, 2.24) is 24.1 Å². The zero-order valence-corrected chi connectivity index (χ0v) is 23.0. The second-order valence-corrected chi connectivity index (χ2v) is 12.3. The molecule has 6 rings (SSSR count). The molecular formula is C29H23F4N5O3S. The van der Waals surface area contributed by atoms with E-state index in [1.807, 2.05) is 0 Å². The summed E-state index contributed by atoms with van der Waals surface area (Å²) in [6.07, 6.45) is 1.12. The summed E-state index contributed by atoms with van der Waals surface area (Å²) in [5, 5.41) is 3.71. The Morgan fingerprint density at radius 1 is 1.02 bits per heavy atom. The summed E-state index contributed by atoms with van der Waals surface area (Å²) in [7, 11) is -4.51. The molecule has 13 heteroatoms. The first-order valence-electron chi connectivity index (χ1n) is 12.9. The van der Waals surface area contributed by atoms with Crippen molar-refractivity contribution in [1.29, 1.82) is 0 Å². The van der Waals surface area contributed by atoms with E-state index in [9.17, 15) is 30.8 Å². The molecule has 4 aromatic rings. The fraction of sp³-hybridized carbons (Fsp3) is 0.241. The van der Waals surface area contributed by atoms with Gasteiger partial charge in [-0.15, -0.1) is 0 Å². The molecule has 1 atom stereocenters. The number of hydrogen-bond donors (Lipinski definition) is 0. The molecule has 2 aliphatic rings. The molecule has 1 saturated heterocycles. The Balaban J connectivity index is 1.45. The van der Waals surface area contributed by atoms with Gasteiger partial charge in [0, 0.05) is 25.5 Å². The van der Waals surface area contributed by atoms with Crippen LogP contribution in [0.3, 0.4) is 0 Å². The van der Waals surface area contributed by atoms with Gasteiger partial charge < -0.3 is 0 Å². The predicted octanol–water partition coefficient (Wildman–Crippen LogP) is 5.03. The van der Waals surface area contributed by atoms with E-state index in [1.54, 1.807) is 48.1 Å². The molecule has 0 radical (unpaired) electrons. The van der Waals surface area contributed by atoms with E-state index in [-0.39, 0.29) is 31.6 Å². The number of piperidine rings is 1. The number of carbonyl (C=O) groups is 1. The highest BCUT2D eigenvalue weighted by Crippen LogP contribution is 2.47. The standard InChI is InChI=1S/C29H23F4N5O3S/c1-18-6-9-34-24(12-18)27(39)28-15-19-16-36-38(23-4-2-22(30)3-5-23)25(19)13-20(28)8-11-37(17-28)42(40,41)26-14-21(7-10-35-26)29(31,32)33/h2-7,9-10,12-14,16H,8,11,15,17H2,1H3/t28-/m0/s1. The summed E-state index contributed by atoms with van der Waals surface area (Å²) in [5.74, 6) is -0.813. The molecule has 1 aliphatic heterocycles. The van der Waals surface area contributed by atoms with Crippen molar-refractivity contribution < 1.29 is 30.8 Å². The molecule has 3 aromatic heterocycles. The molecule has 0 spiro atoms. The summed E-state index contributed by atoms with van der Waals surface area (Å²) in [6, 6.07) is 10.3. The van der Waals surface area contributed by atoms with Crippen LogP contribution in [0, 0.1) is 18.2 Å². The highest BCUT2D eigenvalue weighted by molar-refractivity contribution is 7.89. The van der Waals surface area contributed by atoms with Crippen LogP contribution in [0.25, 0.3) is 11.8 Å². The van der Waals surface area contributed by atoms with Crippen molar-refractivity contribution in [3.05, 3.63) is 107 Å². The van der Waals surface area contributed by atoms with Crippen LogP contribution in [0.15, 0.2) is 77.7 Å². The van der Waals surface area contributed by atoms with Crippen molar-refractivity contribution in [2.24, 2.45) is 5.41 Å². The summed E-state index contributed by atoms with van der Waals surface area (Å²) < 4.78 is 83.6. The number of ketones is 1. The number of halogens is 4. The van der Waals surface area contributed by atoms with Crippen molar-refractivity contribution in [2.45, 2.75) is 31.0 Å². The number of hydrogen-bond acceptors (Lipinski definition) is 6. The minimum absolute atomic E-state index is 0.0753. The average Bonchev–Trinajstić information content (AvgIpc) is 3.37. The van der Waals surface area contributed by atoms with Gasteiger partial charge in [0.25, 0.3) is 10.0 Å². The SMILES string of the molecule is Cc1ccnc(C(=O)[C@]23Cc4cnn(-c5ccc(F)cc5)c4C=C2CCN(S(=O)(=O)c2cc(C(F)(F)F)ccn2)C3)c1. The Kier molecular flexibility index (Phi) is 6.61. The minimum atomic E-state index is -4.76. The predicted molar refractivity (Wildman–Crippen MR) is 144 cm³/mol. The zero-order chi connectivity index (χ0) is 29.9. The lowest BCUT2D eigenvalue weighted by Crippen LogP contribution is -2.53. The van der Waals surface area contributed by atoms with E-state index >= 15 is 0 Å². The molecule has 1 aliphatic carbocycles. The monoisotopic (exact) mass is 597 g/mol. The first-order valence-corrected chi connectivity index (χ1v) is 14.4. The van der Waals surface area contributed by atoms with Gasteiger partial charge in [0.1, 0.15) is 11.5 Å². The lowest BCUT2D eigenvalue weighted by Gasteiger charge is -2.44. The molecule has 216 valence electrons. The molecule has 0 unspecified atom stereocenters. The smallest absolute Gasteiger partial charge is 0.291 e. The number of carbonyl (C=O) groups excluding carboxylic acids is 1. The number of aryl methyl sites for hydroxylation is 1. The molecule has 0 amide bonds. The molecule has 1 aromatic carbocycles. The van der Waals surface area contributed by atoms with Crippen molar-refractivity contribution in [2.75, 3.05) is 13.1 Å². The number of pyridine rings is 2. The molecule has 8 nitrogen and oxygen atoms in total. The maximum Gasteiger partial charge on any atom is 0.416 e. The number of nitrogens with zero attached hydrogens (tertiary/aromatic N) is 5. The van der Waals surface area contributed by atoms with Crippen LogP contribution in [-0.4, -0.2) is 51.3 Å². The topological polar surface area (TPSA) is 98.0 Å². The van der Waals surface area contributed by atoms with Crippen LogP contribution in [0.1, 0.15) is 39.3 Å². The second kappa shape index (κ2) is 9.95. The van der Waals surface area contributed by atoms with Gasteiger partial charge in [-0.2, -0.15) is 22.6 Å². The maximum atomic E-state index is 14.3. The third-order valence-electron chi connectivity index (χ3n) is 7.70. The quantitative estimate of drug-likeness (QED) is 0.237. The number of Topliss-reactive ketones (excluding diaryl/α,β-unsaturated/α-hetero) is 1. The molecule has 1 fully saturated rings. The molecule has 42 heavy (non-hydrogen) atoms. The van der Waals surface area contributed by atoms with Crippen molar-refractivity contribution in [3.8, 4) is 5.69 Å². The fourth-order valence-electron chi connectivity index (χ4n) is 5.57. The normalized spacial score (nSPS) is 19.1. The summed E-state index contributed by atoms with van der Waals surface area (Å²) in [5.41, 5.74) is 0.973. The highest BCUT2D eigenvalue weighted by atomic mass is 32.2. The van der Waals surface area contributed by atoms with Gasteiger partial charge in [0.15, 0.2) is 10.8 Å². The van der Waals surface area contributed by atoms with Crippen molar-refractivity contribution in [3.63, 3.8) is 0 Å². The zero-order valence-electron chi connectivity index (χ0n) is 22.1. The number of alkyl halides is 3. The first-order chi connectivity index (χ1) is 19.9. The van der Waals surface area contributed by atoms with Crippen LogP contribution in [0.5, 0.6) is 0 Å². The Bertz CT molecular complexity index is 1850. The van der Waals surface area contributed by atoms with E-state index < -0.39 is 43.8 Å². The number of rotatable bonds is 5. The maximum absolute atomic E-state index is 14.3. The molecular weight excluding hydrogens is 574 g/mol. The van der Waals surface area contributed by atoms with Crippen LogP contribution in [0.2, 0.25) is 0 Å². The van der Waals surface area contributed by atoms with Gasteiger partial charge in [-0.05, 0) is 85.5 Å². The van der Waals surface area contributed by atoms with Gasteiger partial charge in [-0.3, -0.25) is 9.78 Å². The number of fused-ring (bicyclic) bond motifs is 2. The largest absolute Gasteiger partial charge is 0.416 e. The van der Waals surface area contributed by atoms with E-state index in [4.69, 9.17) is 0 Å². The molecule has 0 saturated carbocycles. The van der Waals surface area contributed by atoms with Crippen LogP contribution >= 0.6 is 0 Å². The van der Waals surface area contributed by atoms with Crippen LogP contribution < -0.4 is 0 Å². The Morgan fingerprint density at radius 2 is 1.76 bits per heavy atom. The lowest BCUT2D eigenvalue weighted by molar-refractivity contribution is -0.137. The van der Waals surface area contributed by atoms with Crippen molar-refractivity contribution >= 4 is 21.9 Å². The Hall–Kier alpha value is -4.23. The van der Waals surface area contributed by atoms with E-state index in [2.05, 4.69) is 15.1 Å². The van der Waals surface area contributed by atoms with Gasteiger partial charge in [-0.1, -0.05) is 5.57 Å². The number of benzene rings is 1. The third-order valence-corrected chi connectivity index (χ3v) is 9.44. The van der Waals surface area contributed by atoms with Gasteiger partial charge in [0.2, 0.25) is 0 Å². The van der Waals surface area contributed by atoms with E-state index in [0.717, 1.165) is 16.1 Å². The fourth-order valence-corrected chi connectivity index (χ4v) is 7.03. The van der Waals surface area contributed by atoms with Gasteiger partial charge in [-0.25, -0.2) is 22.5 Å². The Morgan fingerprint density at radius 3 is 2.48 bits per heavy atom. The molecule has 0 bridgehead atoms. The lowest BCUT2D eigenvalue weighted by atomic mass is 9.65. The van der Waals surface area contributed by atoms with E-state index in [1.165, 1.54) is 18.3 Å². The number of sulfonamides is 1. The third kappa shape index (κ3) is 4.71. The minimum Gasteiger partial charge on any atom is -0.291 e. The molecule has 4 heterocycles.